The minimum atomic E-state index is -0.0924. The zero-order chi connectivity index (χ0) is 15.5. The number of carbonyl (C=O) groups is 1. The van der Waals surface area contributed by atoms with Crippen molar-refractivity contribution in [3.63, 3.8) is 0 Å². The van der Waals surface area contributed by atoms with Gasteiger partial charge >= 0.3 is 0 Å². The highest BCUT2D eigenvalue weighted by Crippen LogP contribution is 2.33. The van der Waals surface area contributed by atoms with Gasteiger partial charge < -0.3 is 9.42 Å². The van der Waals surface area contributed by atoms with E-state index in [4.69, 9.17) is 4.52 Å². The molecule has 1 amide bonds. The molecule has 1 fully saturated rings. The summed E-state index contributed by atoms with van der Waals surface area (Å²) < 4.78 is 5.39. The summed E-state index contributed by atoms with van der Waals surface area (Å²) in [6.07, 6.45) is 3.08. The zero-order valence-electron chi connectivity index (χ0n) is 13.1. The molecule has 0 saturated carbocycles. The van der Waals surface area contributed by atoms with Crippen LogP contribution in [-0.4, -0.2) is 20.9 Å². The van der Waals surface area contributed by atoms with Crippen LogP contribution in [0.4, 0.5) is 0 Å². The largest absolute Gasteiger partial charge is 0.337 e. The maximum Gasteiger partial charge on any atom is 0.249 e. The molecular weight excluding hydrogens is 278 g/mol. The van der Waals surface area contributed by atoms with Gasteiger partial charge in [-0.1, -0.05) is 36.3 Å². The molecule has 2 heterocycles. The van der Waals surface area contributed by atoms with Crippen LogP contribution in [0.2, 0.25) is 0 Å². The number of aromatic nitrogens is 2. The second-order valence-electron chi connectivity index (χ2n) is 5.80. The number of rotatable bonds is 5. The van der Waals surface area contributed by atoms with E-state index < -0.39 is 0 Å². The lowest BCUT2D eigenvalue weighted by molar-refractivity contribution is -0.130. The van der Waals surface area contributed by atoms with Crippen molar-refractivity contribution in [2.24, 2.45) is 0 Å². The Bertz CT molecular complexity index is 665. The number of benzene rings is 1. The summed E-state index contributed by atoms with van der Waals surface area (Å²) in [6, 6.07) is 8.05. The average molecular weight is 299 g/mol. The molecule has 1 atom stereocenters. The summed E-state index contributed by atoms with van der Waals surface area (Å²) in [5, 5.41) is 4.01. The highest BCUT2D eigenvalue weighted by Gasteiger charge is 2.35. The van der Waals surface area contributed by atoms with Gasteiger partial charge in [0.05, 0.1) is 0 Å². The normalized spacial score (nSPS) is 18.2. The summed E-state index contributed by atoms with van der Waals surface area (Å²) in [4.78, 5) is 18.6. The number of hydrogen-bond donors (Lipinski definition) is 0. The van der Waals surface area contributed by atoms with E-state index in [0.29, 0.717) is 18.9 Å². The molecule has 1 aromatic heterocycles. The van der Waals surface area contributed by atoms with Crippen molar-refractivity contribution >= 4 is 5.91 Å². The van der Waals surface area contributed by atoms with Crippen molar-refractivity contribution in [3.8, 4) is 0 Å². The fourth-order valence-electron chi connectivity index (χ4n) is 2.89. The number of aryl methyl sites for hydroxylation is 2. The van der Waals surface area contributed by atoms with Gasteiger partial charge in [0.25, 0.3) is 0 Å². The van der Waals surface area contributed by atoms with E-state index in [1.165, 1.54) is 5.56 Å². The van der Waals surface area contributed by atoms with Gasteiger partial charge in [-0.25, -0.2) is 0 Å². The summed E-state index contributed by atoms with van der Waals surface area (Å²) >= 11 is 0. The molecule has 2 aromatic rings. The van der Waals surface area contributed by atoms with Crippen LogP contribution in [0.1, 0.15) is 55.1 Å². The van der Waals surface area contributed by atoms with E-state index in [1.54, 1.807) is 0 Å². The predicted octanol–water partition coefficient (Wildman–Crippen LogP) is 3.19. The van der Waals surface area contributed by atoms with Crippen LogP contribution in [-0.2, 0) is 17.8 Å². The third-order valence-corrected chi connectivity index (χ3v) is 4.17. The third-order valence-electron chi connectivity index (χ3n) is 4.17. The van der Waals surface area contributed by atoms with Crippen molar-refractivity contribution in [2.45, 2.75) is 52.1 Å². The van der Waals surface area contributed by atoms with Crippen LogP contribution < -0.4 is 0 Å². The number of carbonyl (C=O) groups excluding carboxylic acids is 1. The quantitative estimate of drug-likeness (QED) is 0.850. The molecule has 1 aromatic carbocycles. The summed E-state index contributed by atoms with van der Waals surface area (Å²) in [5.74, 6) is 1.46. The van der Waals surface area contributed by atoms with E-state index in [-0.39, 0.29) is 11.9 Å². The summed E-state index contributed by atoms with van der Waals surface area (Å²) in [6.45, 7) is 4.75. The molecule has 0 N–H and O–H groups in total. The molecule has 3 rings (SSSR count). The number of amides is 1. The first-order valence-corrected chi connectivity index (χ1v) is 7.85. The van der Waals surface area contributed by atoms with Crippen LogP contribution in [0, 0.1) is 6.92 Å². The van der Waals surface area contributed by atoms with Gasteiger partial charge in [-0.15, -0.1) is 0 Å². The minimum Gasteiger partial charge on any atom is -0.337 e. The first-order chi connectivity index (χ1) is 10.7. The second kappa shape index (κ2) is 6.30. The van der Waals surface area contributed by atoms with Crippen LogP contribution in [0.5, 0.6) is 0 Å². The van der Waals surface area contributed by atoms with Gasteiger partial charge in [0.1, 0.15) is 6.04 Å². The maximum atomic E-state index is 12.2. The van der Waals surface area contributed by atoms with E-state index in [1.807, 2.05) is 17.0 Å². The number of likely N-dealkylation sites (tertiary alicyclic amines) is 1. The van der Waals surface area contributed by atoms with Gasteiger partial charge in [0, 0.05) is 19.4 Å². The molecule has 116 valence electrons. The predicted molar refractivity (Wildman–Crippen MR) is 82.0 cm³/mol. The SMILES string of the molecule is CCCc1noc(C2CCC(=O)N2Cc2ccccc2C)n1. The molecule has 22 heavy (non-hydrogen) atoms. The fraction of sp³-hybridized carbons (Fsp3) is 0.471. The van der Waals surface area contributed by atoms with Gasteiger partial charge in [-0.3, -0.25) is 4.79 Å². The van der Waals surface area contributed by atoms with Gasteiger partial charge in [0.15, 0.2) is 5.82 Å². The fourth-order valence-corrected chi connectivity index (χ4v) is 2.89. The molecule has 0 spiro atoms. The lowest BCUT2D eigenvalue weighted by Gasteiger charge is -2.23. The van der Waals surface area contributed by atoms with Crippen molar-refractivity contribution in [1.82, 2.24) is 15.0 Å². The summed E-state index contributed by atoms with van der Waals surface area (Å²) in [5.41, 5.74) is 2.36. The Hall–Kier alpha value is -2.17. The Morgan fingerprint density at radius 1 is 1.36 bits per heavy atom. The van der Waals surface area contributed by atoms with E-state index in [0.717, 1.165) is 30.7 Å². The Labute approximate surface area is 130 Å². The van der Waals surface area contributed by atoms with E-state index in [2.05, 4.69) is 36.1 Å². The first-order valence-electron chi connectivity index (χ1n) is 7.85. The van der Waals surface area contributed by atoms with Gasteiger partial charge in [-0.05, 0) is 30.9 Å². The number of nitrogens with zero attached hydrogens (tertiary/aromatic N) is 3. The molecule has 0 radical (unpaired) electrons. The molecule has 0 bridgehead atoms. The third kappa shape index (κ3) is 2.89. The molecular formula is C17H21N3O2. The summed E-state index contributed by atoms with van der Waals surface area (Å²) in [7, 11) is 0. The van der Waals surface area contributed by atoms with Gasteiger partial charge in [0.2, 0.25) is 11.8 Å². The van der Waals surface area contributed by atoms with Crippen LogP contribution in [0.15, 0.2) is 28.8 Å². The van der Waals surface area contributed by atoms with Crippen molar-refractivity contribution in [3.05, 3.63) is 47.1 Å². The number of hydrogen-bond acceptors (Lipinski definition) is 4. The van der Waals surface area contributed by atoms with Crippen molar-refractivity contribution in [1.29, 1.82) is 0 Å². The molecule has 1 saturated heterocycles. The van der Waals surface area contributed by atoms with Crippen molar-refractivity contribution in [2.75, 3.05) is 0 Å². The Kier molecular flexibility index (Phi) is 4.22. The van der Waals surface area contributed by atoms with Gasteiger partial charge in [-0.2, -0.15) is 4.98 Å². The highest BCUT2D eigenvalue weighted by atomic mass is 16.5. The first kappa shape index (κ1) is 14.8. The smallest absolute Gasteiger partial charge is 0.249 e. The zero-order valence-corrected chi connectivity index (χ0v) is 13.1. The molecule has 1 aliphatic heterocycles. The van der Waals surface area contributed by atoms with Crippen LogP contribution in [0.3, 0.4) is 0 Å². The maximum absolute atomic E-state index is 12.2. The van der Waals surface area contributed by atoms with Crippen LogP contribution >= 0.6 is 0 Å². The average Bonchev–Trinajstić information content (AvgIpc) is 3.10. The highest BCUT2D eigenvalue weighted by molar-refractivity contribution is 5.78. The molecule has 5 nitrogen and oxygen atoms in total. The van der Waals surface area contributed by atoms with E-state index in [9.17, 15) is 4.79 Å². The minimum absolute atomic E-state index is 0.0924. The van der Waals surface area contributed by atoms with Crippen LogP contribution in [0.25, 0.3) is 0 Å². The molecule has 1 aliphatic rings. The Balaban J connectivity index is 1.81. The van der Waals surface area contributed by atoms with E-state index >= 15 is 0 Å². The Morgan fingerprint density at radius 3 is 2.95 bits per heavy atom. The lowest BCUT2D eigenvalue weighted by Crippen LogP contribution is -2.27. The molecule has 0 aliphatic carbocycles. The Morgan fingerprint density at radius 2 is 2.18 bits per heavy atom. The molecule has 5 heteroatoms. The van der Waals surface area contributed by atoms with Crippen molar-refractivity contribution < 1.29 is 9.32 Å². The second-order valence-corrected chi connectivity index (χ2v) is 5.80. The standard InChI is InChI=1S/C17H21N3O2/c1-3-6-15-18-17(22-19-15)14-9-10-16(21)20(14)11-13-8-5-4-7-12(13)2/h4-5,7-8,14H,3,6,9-11H2,1-2H3. The topological polar surface area (TPSA) is 59.2 Å². The monoisotopic (exact) mass is 299 g/mol. The lowest BCUT2D eigenvalue weighted by atomic mass is 10.1. The molecule has 1 unspecified atom stereocenters.